The van der Waals surface area contributed by atoms with Gasteiger partial charge in [-0.25, -0.2) is 5.48 Å². The number of hydroxylamine groups is 1. The number of esters is 1. The van der Waals surface area contributed by atoms with Crippen molar-refractivity contribution >= 4 is 11.9 Å². The Bertz CT molecular complexity index is 850. The summed E-state index contributed by atoms with van der Waals surface area (Å²) in [4.78, 5) is 24.2. The van der Waals surface area contributed by atoms with Gasteiger partial charge in [0.05, 0.1) is 25.0 Å². The molecular weight excluding hydrogens is 362 g/mol. The lowest BCUT2D eigenvalue weighted by atomic mass is 9.93. The molecule has 2 aromatic carbocycles. The molecule has 28 heavy (non-hydrogen) atoms. The summed E-state index contributed by atoms with van der Waals surface area (Å²) in [7, 11) is 1.59. The molecule has 0 aromatic heterocycles. The molecule has 1 saturated carbocycles. The number of rotatable bonds is 8. The van der Waals surface area contributed by atoms with Crippen LogP contribution in [0.4, 0.5) is 0 Å². The number of hydrogen-bond acceptors (Lipinski definition) is 6. The SMILES string of the molecule is CCOC(=O)[C@@]1(Cc2ccc(Oc3cccc(OC)c3)cc2)C[C@@H]1C(=O)NO. The monoisotopic (exact) mass is 385 g/mol. The van der Waals surface area contributed by atoms with E-state index >= 15 is 0 Å². The second-order valence-electron chi connectivity index (χ2n) is 6.71. The molecule has 0 saturated heterocycles. The Morgan fingerprint density at radius 2 is 1.86 bits per heavy atom. The number of amides is 1. The van der Waals surface area contributed by atoms with Crippen molar-refractivity contribution in [2.75, 3.05) is 13.7 Å². The Labute approximate surface area is 163 Å². The maximum Gasteiger partial charge on any atom is 0.313 e. The Kier molecular flexibility index (Phi) is 5.84. The van der Waals surface area contributed by atoms with Crippen LogP contribution in [0, 0.1) is 11.3 Å². The molecule has 1 aliphatic carbocycles. The van der Waals surface area contributed by atoms with Crippen LogP contribution in [0.25, 0.3) is 0 Å². The van der Waals surface area contributed by atoms with Crippen LogP contribution in [0.5, 0.6) is 17.2 Å². The molecule has 0 bridgehead atoms. The fourth-order valence-corrected chi connectivity index (χ4v) is 3.34. The minimum Gasteiger partial charge on any atom is -0.497 e. The maximum absolute atomic E-state index is 12.4. The Morgan fingerprint density at radius 1 is 1.14 bits per heavy atom. The molecule has 1 aliphatic rings. The quantitative estimate of drug-likeness (QED) is 0.412. The molecule has 7 nitrogen and oxygen atoms in total. The highest BCUT2D eigenvalue weighted by molar-refractivity contribution is 5.93. The fraction of sp³-hybridized carbons (Fsp3) is 0.333. The second-order valence-corrected chi connectivity index (χ2v) is 6.71. The highest BCUT2D eigenvalue weighted by atomic mass is 16.5. The summed E-state index contributed by atoms with van der Waals surface area (Å²) in [6, 6.07) is 14.6. The first-order valence-corrected chi connectivity index (χ1v) is 9.04. The molecule has 148 valence electrons. The number of methoxy groups -OCH3 is 1. The van der Waals surface area contributed by atoms with Gasteiger partial charge in [-0.1, -0.05) is 18.2 Å². The van der Waals surface area contributed by atoms with Gasteiger partial charge < -0.3 is 14.2 Å². The molecule has 0 spiro atoms. The molecule has 1 amide bonds. The molecule has 2 atom stereocenters. The normalized spacial score (nSPS) is 20.2. The second kappa shape index (κ2) is 8.31. The summed E-state index contributed by atoms with van der Waals surface area (Å²) in [5, 5.41) is 8.89. The van der Waals surface area contributed by atoms with E-state index in [1.807, 2.05) is 30.3 Å². The smallest absolute Gasteiger partial charge is 0.313 e. The van der Waals surface area contributed by atoms with Crippen LogP contribution in [0.2, 0.25) is 0 Å². The Balaban J connectivity index is 1.71. The van der Waals surface area contributed by atoms with Crippen molar-refractivity contribution in [2.24, 2.45) is 11.3 Å². The van der Waals surface area contributed by atoms with E-state index in [1.54, 1.807) is 37.7 Å². The zero-order chi connectivity index (χ0) is 20.1. The average Bonchev–Trinajstić information content (AvgIpc) is 3.44. The van der Waals surface area contributed by atoms with Gasteiger partial charge in [-0.3, -0.25) is 14.8 Å². The first kappa shape index (κ1) is 19.7. The lowest BCUT2D eigenvalue weighted by Gasteiger charge is -2.16. The molecule has 0 heterocycles. The van der Waals surface area contributed by atoms with Crippen LogP contribution in [0.1, 0.15) is 18.9 Å². The molecule has 0 radical (unpaired) electrons. The predicted octanol–water partition coefficient (Wildman–Crippen LogP) is 3.10. The Morgan fingerprint density at radius 3 is 2.50 bits per heavy atom. The van der Waals surface area contributed by atoms with Gasteiger partial charge in [-0.2, -0.15) is 0 Å². The van der Waals surface area contributed by atoms with Crippen LogP contribution in [-0.2, 0) is 20.7 Å². The highest BCUT2D eigenvalue weighted by Gasteiger charge is 2.64. The van der Waals surface area contributed by atoms with Crippen LogP contribution >= 0.6 is 0 Å². The third-order valence-electron chi connectivity index (χ3n) is 4.90. The Hall–Kier alpha value is -3.06. The summed E-state index contributed by atoms with van der Waals surface area (Å²) in [6.07, 6.45) is 0.698. The minimum absolute atomic E-state index is 0.237. The lowest BCUT2D eigenvalue weighted by molar-refractivity contribution is -0.152. The van der Waals surface area contributed by atoms with Gasteiger partial charge in [-0.05, 0) is 49.6 Å². The van der Waals surface area contributed by atoms with E-state index in [4.69, 9.17) is 19.4 Å². The number of carbonyl (C=O) groups is 2. The van der Waals surface area contributed by atoms with Crippen molar-refractivity contribution in [1.82, 2.24) is 5.48 Å². The third kappa shape index (κ3) is 4.09. The van der Waals surface area contributed by atoms with Crippen molar-refractivity contribution in [3.8, 4) is 17.2 Å². The molecule has 3 rings (SSSR count). The standard InChI is InChI=1S/C21H23NO6/c1-3-27-20(24)21(13-18(21)19(23)22-25)12-14-7-9-15(10-8-14)28-17-6-4-5-16(11-17)26-2/h4-11,18,25H,3,12-13H2,1-2H3,(H,22,23)/t18-,21+/m1/s1. The largest absolute Gasteiger partial charge is 0.497 e. The highest BCUT2D eigenvalue weighted by Crippen LogP contribution is 2.56. The number of carbonyl (C=O) groups excluding carboxylic acids is 2. The van der Waals surface area contributed by atoms with E-state index in [1.165, 1.54) is 0 Å². The summed E-state index contributed by atoms with van der Waals surface area (Å²) >= 11 is 0. The summed E-state index contributed by atoms with van der Waals surface area (Å²) in [5.74, 6) is 0.419. The van der Waals surface area contributed by atoms with Crippen molar-refractivity contribution in [2.45, 2.75) is 19.8 Å². The van der Waals surface area contributed by atoms with E-state index in [-0.39, 0.29) is 6.61 Å². The number of nitrogens with one attached hydrogen (secondary N) is 1. The van der Waals surface area contributed by atoms with Crippen molar-refractivity contribution in [1.29, 1.82) is 0 Å². The molecule has 2 N–H and O–H groups in total. The van der Waals surface area contributed by atoms with Crippen molar-refractivity contribution < 1.29 is 29.0 Å². The van der Waals surface area contributed by atoms with Gasteiger partial charge in [0, 0.05) is 6.07 Å². The van der Waals surface area contributed by atoms with Gasteiger partial charge in [0.15, 0.2) is 0 Å². The molecule has 7 heteroatoms. The first-order valence-electron chi connectivity index (χ1n) is 9.04. The molecule has 0 unspecified atom stereocenters. The third-order valence-corrected chi connectivity index (χ3v) is 4.90. The number of hydrogen-bond donors (Lipinski definition) is 2. The van der Waals surface area contributed by atoms with E-state index in [9.17, 15) is 9.59 Å². The lowest BCUT2D eigenvalue weighted by Crippen LogP contribution is -2.30. The zero-order valence-electron chi connectivity index (χ0n) is 15.8. The molecule has 1 fully saturated rings. The minimum atomic E-state index is -0.933. The summed E-state index contributed by atoms with van der Waals surface area (Å²) in [6.45, 7) is 1.96. The maximum atomic E-state index is 12.4. The van der Waals surface area contributed by atoms with Gasteiger partial charge in [0.1, 0.15) is 17.2 Å². The summed E-state index contributed by atoms with van der Waals surface area (Å²) < 4.78 is 16.1. The topological polar surface area (TPSA) is 94.1 Å². The van der Waals surface area contributed by atoms with Crippen LogP contribution < -0.4 is 15.0 Å². The van der Waals surface area contributed by atoms with Crippen molar-refractivity contribution in [3.63, 3.8) is 0 Å². The number of benzene rings is 2. The van der Waals surface area contributed by atoms with Crippen molar-refractivity contribution in [3.05, 3.63) is 54.1 Å². The molecular formula is C21H23NO6. The fourth-order valence-electron chi connectivity index (χ4n) is 3.34. The van der Waals surface area contributed by atoms with Gasteiger partial charge in [0.25, 0.3) is 0 Å². The predicted molar refractivity (Wildman–Crippen MR) is 100 cm³/mol. The molecule has 0 aliphatic heterocycles. The van der Waals surface area contributed by atoms with E-state index < -0.39 is 23.2 Å². The van der Waals surface area contributed by atoms with Crippen LogP contribution in [-0.4, -0.2) is 30.8 Å². The van der Waals surface area contributed by atoms with E-state index in [0.29, 0.717) is 30.1 Å². The van der Waals surface area contributed by atoms with E-state index in [2.05, 4.69) is 0 Å². The van der Waals surface area contributed by atoms with Gasteiger partial charge in [-0.15, -0.1) is 0 Å². The van der Waals surface area contributed by atoms with Gasteiger partial charge in [0.2, 0.25) is 5.91 Å². The van der Waals surface area contributed by atoms with Crippen LogP contribution in [0.15, 0.2) is 48.5 Å². The van der Waals surface area contributed by atoms with Crippen LogP contribution in [0.3, 0.4) is 0 Å². The first-order chi connectivity index (χ1) is 13.5. The van der Waals surface area contributed by atoms with E-state index in [0.717, 1.165) is 5.56 Å². The number of ether oxygens (including phenoxy) is 3. The summed E-state index contributed by atoms with van der Waals surface area (Å²) in [5.41, 5.74) is 1.58. The molecule has 2 aromatic rings. The van der Waals surface area contributed by atoms with Gasteiger partial charge >= 0.3 is 5.97 Å². The average molecular weight is 385 g/mol. The zero-order valence-corrected chi connectivity index (χ0v) is 15.8.